The molecule has 4 N–H and O–H groups in total. The minimum absolute atomic E-state index is 0. The maximum atomic E-state index is 11.3. The molecule has 5 aromatic rings. The molecule has 85 heavy (non-hydrogen) atoms. The summed E-state index contributed by atoms with van der Waals surface area (Å²) in [5.41, 5.74) is 8.69. The summed E-state index contributed by atoms with van der Waals surface area (Å²) in [6, 6.07) is 18.9. The van der Waals surface area contributed by atoms with Crippen LogP contribution in [0, 0.1) is 116 Å². The molecule has 0 atom stereocenters. The molecule has 0 amide bonds. The molecular formula is C60H52AgBBr7ClN2O12S. The Morgan fingerprint density at radius 2 is 0.929 bits per heavy atom. The number of halogens is 8. The van der Waals surface area contributed by atoms with E-state index in [9.17, 15) is 39.0 Å². The summed E-state index contributed by atoms with van der Waals surface area (Å²) in [4.78, 5) is 72.4. The zero-order valence-corrected chi connectivity index (χ0v) is 61.1. The number of hydrogen-bond donors (Lipinski definition) is 5. The van der Waals surface area contributed by atoms with Gasteiger partial charge in [0.15, 0.2) is 29.4 Å². The van der Waals surface area contributed by atoms with Crippen LogP contribution in [0.5, 0.6) is 17.2 Å². The third-order valence-corrected chi connectivity index (χ3v) is 13.9. The molecule has 0 bridgehead atoms. The number of hydrogen-bond acceptors (Lipinski definition) is 13. The van der Waals surface area contributed by atoms with E-state index >= 15 is 0 Å². The van der Waals surface area contributed by atoms with E-state index in [-0.39, 0.29) is 71.6 Å². The zero-order valence-electron chi connectivity index (χ0n) is 46.9. The number of Topliss-reactive ketones (excluding diaryl/α,β-unsaturated/α-hetero) is 4. The van der Waals surface area contributed by atoms with E-state index in [1.165, 1.54) is 39.0 Å². The van der Waals surface area contributed by atoms with Gasteiger partial charge in [-0.1, -0.05) is 108 Å². The summed E-state index contributed by atoms with van der Waals surface area (Å²) < 4.78 is 7.05. The van der Waals surface area contributed by atoms with Crippen LogP contribution < -0.4 is 0 Å². The van der Waals surface area contributed by atoms with Gasteiger partial charge in [0, 0.05) is 68.4 Å². The number of ketones is 4. The van der Waals surface area contributed by atoms with E-state index in [0.717, 1.165) is 62.4 Å². The Morgan fingerprint density at radius 1 is 0.600 bits per heavy atom. The molecule has 25 heteroatoms. The van der Waals surface area contributed by atoms with E-state index in [1.54, 1.807) is 39.0 Å². The number of benzene rings is 5. The van der Waals surface area contributed by atoms with Gasteiger partial charge < -0.3 is 20.5 Å². The average Bonchev–Trinajstić information content (AvgIpc) is 3.47. The van der Waals surface area contributed by atoms with Crippen LogP contribution in [0.25, 0.3) is 0 Å². The van der Waals surface area contributed by atoms with Gasteiger partial charge in [-0.15, -0.1) is 16.5 Å². The van der Waals surface area contributed by atoms with Gasteiger partial charge in [0.05, 0.1) is 14.9 Å². The number of alkyl halides is 2. The summed E-state index contributed by atoms with van der Waals surface area (Å²) in [5, 5.41) is 40.8. The quantitative estimate of drug-likeness (QED) is 0.0123. The van der Waals surface area contributed by atoms with Crippen molar-refractivity contribution >= 4 is 178 Å². The SMILES string of the molecule is C#CC#CC#CC#CC#CC#CC.CC(=O)Cl.CC(=O)c1cc(C(Br)Br)c(Br)cc1C.CC(=O)c1cc(C)c(Br)cc1C.CC(=O)c1cc(C)c(Br)cc1O.CC(=O)c1cc(C=O)c(Br)cc1O.Cc1ccc(O)cc1Br.O=[N+]([O-])O.[Ag].[B]=NS. The Morgan fingerprint density at radius 3 is 1.28 bits per heavy atom. The fourth-order valence-corrected chi connectivity index (χ4v) is 8.84. The number of phenolic OH excluding ortho intramolecular Hbond substituents is 3. The van der Waals surface area contributed by atoms with Crippen molar-refractivity contribution in [1.82, 2.24) is 0 Å². The summed E-state index contributed by atoms with van der Waals surface area (Å²) in [6.45, 7) is 18.6. The monoisotopic (exact) mass is 1730 g/mol. The summed E-state index contributed by atoms with van der Waals surface area (Å²) in [6.07, 6.45) is 5.48. The number of aromatic hydroxyl groups is 3. The number of nitrogens with zero attached hydrogens (tertiary/aromatic N) is 2. The maximum absolute atomic E-state index is 11.3. The van der Waals surface area contributed by atoms with Gasteiger partial charge in [0.1, 0.15) is 17.2 Å². The Kier molecular flexibility index (Phi) is 52.9. The molecule has 0 aliphatic rings. The van der Waals surface area contributed by atoms with Crippen LogP contribution in [0.2, 0.25) is 0 Å². The van der Waals surface area contributed by atoms with Crippen LogP contribution in [0.3, 0.4) is 0 Å². The summed E-state index contributed by atoms with van der Waals surface area (Å²) in [7, 11) is 4.34. The van der Waals surface area contributed by atoms with Crippen molar-refractivity contribution in [2.45, 2.75) is 79.9 Å². The molecule has 450 valence electrons. The molecule has 0 aromatic heterocycles. The molecule has 0 fully saturated rings. The normalized spacial score (nSPS) is 8.36. The molecule has 14 nitrogen and oxygen atoms in total. The second kappa shape index (κ2) is 50.8. The van der Waals surface area contributed by atoms with Gasteiger partial charge in [0.25, 0.3) is 5.09 Å². The van der Waals surface area contributed by atoms with Gasteiger partial charge in [-0.25, -0.2) is 0 Å². The van der Waals surface area contributed by atoms with Crippen LogP contribution in [0.4, 0.5) is 0 Å². The first-order chi connectivity index (χ1) is 39.0. The second-order valence-electron chi connectivity index (χ2n) is 15.5. The third-order valence-electron chi connectivity index (χ3n) is 8.97. The number of aldehydes is 1. The molecule has 0 saturated carbocycles. The molecule has 2 radical (unpaired) electrons. The van der Waals surface area contributed by atoms with Crippen LogP contribution in [-0.4, -0.2) is 67.9 Å². The number of aryl methyl sites for hydroxylation is 5. The van der Waals surface area contributed by atoms with E-state index in [2.05, 4.69) is 213 Å². The van der Waals surface area contributed by atoms with Gasteiger partial charge in [-0.3, -0.25) is 28.8 Å². The molecule has 5 aromatic carbocycles. The van der Waals surface area contributed by atoms with Crippen LogP contribution in [-0.2, 0) is 27.2 Å². The first-order valence-electron chi connectivity index (χ1n) is 22.7. The Bertz CT molecular complexity index is 3470. The first-order valence-corrected chi connectivity index (χ1v) is 29.3. The van der Waals surface area contributed by atoms with Gasteiger partial charge in [-0.2, -0.15) is 0 Å². The average molecular weight is 1740 g/mol. The number of terminal acetylenes is 1. The number of carbonyl (C=O) groups is 6. The van der Waals surface area contributed by atoms with Gasteiger partial charge in [0.2, 0.25) is 5.24 Å². The standard InChI is InChI=1S/C13H4.C10H9Br3O.C10H11BrO.C9H7BrO3.C9H9BrO2.C7H7BrO.C2H3ClO.Ag.BHNS.HNO3/c1-3-5-7-9-11-13-12-10-8-6-4-2;1-5-3-9(11)8(10(12)13)4-7(5)6(2)14;1-6-5-10(11)7(2)4-9(6)8(3)12;1-5(12)7-2-6(4-11)8(10)3-9(7)13;1-5-3-7(6(2)11)9(12)4-8(5)10;1-5-2-3-6(9)4-7(5)8;1-2(3)4;;1-2-3;2-1(3)4/h1H,2H3;3-4,10H,1-2H3;4-5H,1-3H3;2-4,13H,1H3;3-4,12H,1-2H3;2-4,9H,1H3;1H3;;3H;(H,2,3,4). The zero-order chi connectivity index (χ0) is 66.0. The Hall–Kier alpha value is -5.31. The Balaban J connectivity index is -0.000000291. The molecule has 0 saturated heterocycles. The minimum atomic E-state index is -1.50. The topological polar surface area (TPSA) is 239 Å². The number of rotatable bonds is 6. The molecule has 0 unspecified atom stereocenters. The molecular weight excluding hydrogens is 1690 g/mol. The number of carbonyl (C=O) groups excluding carboxylic acids is 6. The molecule has 5 rings (SSSR count). The molecule has 0 heterocycles. The Labute approximate surface area is 582 Å². The van der Waals surface area contributed by atoms with Crippen molar-refractivity contribution in [3.63, 3.8) is 0 Å². The van der Waals surface area contributed by atoms with Crippen molar-refractivity contribution in [2.75, 3.05) is 0 Å². The van der Waals surface area contributed by atoms with Crippen molar-refractivity contribution < 1.29 is 76.8 Å². The van der Waals surface area contributed by atoms with Gasteiger partial charge in [-0.05, 0) is 250 Å². The van der Waals surface area contributed by atoms with Crippen LogP contribution in [0.1, 0.15) is 130 Å². The van der Waals surface area contributed by atoms with Crippen LogP contribution in [0.15, 0.2) is 93.4 Å². The summed E-state index contributed by atoms with van der Waals surface area (Å²) >= 11 is 31.2. The molecule has 0 aliphatic carbocycles. The van der Waals surface area contributed by atoms with E-state index < -0.39 is 5.09 Å². The molecule has 0 spiro atoms. The van der Waals surface area contributed by atoms with E-state index in [1.807, 2.05) is 65.0 Å². The van der Waals surface area contributed by atoms with E-state index in [4.69, 9.17) is 26.9 Å². The predicted molar refractivity (Wildman–Crippen MR) is 361 cm³/mol. The second-order valence-corrected chi connectivity index (χ2v) is 23.6. The van der Waals surface area contributed by atoms with Crippen molar-refractivity contribution in [3.05, 3.63) is 160 Å². The van der Waals surface area contributed by atoms with Crippen molar-refractivity contribution in [1.29, 1.82) is 0 Å². The molecule has 0 aliphatic heterocycles. The first kappa shape index (κ1) is 88.4. The fourth-order valence-electron chi connectivity index (χ4n) is 5.20. The van der Waals surface area contributed by atoms with Crippen LogP contribution >= 0.6 is 136 Å². The van der Waals surface area contributed by atoms with Gasteiger partial charge >= 0.3 is 24.8 Å². The predicted octanol–water partition coefficient (Wildman–Crippen LogP) is 16.6. The third kappa shape index (κ3) is 43.0. The fraction of sp³-hybridized carbons (Fsp3) is 0.200. The van der Waals surface area contributed by atoms with Crippen molar-refractivity contribution in [2.24, 2.45) is 4.30 Å². The van der Waals surface area contributed by atoms with Crippen molar-refractivity contribution in [3.8, 4) is 88.8 Å². The number of phenols is 3. The van der Waals surface area contributed by atoms with E-state index in [0.29, 0.717) is 27.6 Å². The summed E-state index contributed by atoms with van der Waals surface area (Å²) in [5.74, 6) is 27.0. The number of thiol groups is 1.